The number of rotatable bonds is 4. The maximum Gasteiger partial charge on any atom is 0.148 e. The lowest BCUT2D eigenvalue weighted by molar-refractivity contribution is 0.107. The van der Waals surface area contributed by atoms with Crippen molar-refractivity contribution in [1.82, 2.24) is 10.2 Å². The molecule has 1 aliphatic heterocycles. The minimum Gasteiger partial charge on any atom is -0.382 e. The molecule has 0 amide bonds. The number of nitrogens with two attached hydrogens (primary N) is 1. The Labute approximate surface area is 89.0 Å². The predicted molar refractivity (Wildman–Crippen MR) is 58.5 cm³/mol. The summed E-state index contributed by atoms with van der Waals surface area (Å²) in [6.45, 7) is 1.77. The van der Waals surface area contributed by atoms with Crippen molar-refractivity contribution in [2.45, 2.75) is 25.4 Å². The van der Waals surface area contributed by atoms with Crippen molar-refractivity contribution in [3.63, 3.8) is 0 Å². The Morgan fingerprint density at radius 1 is 1.47 bits per heavy atom. The van der Waals surface area contributed by atoms with E-state index < -0.39 is 0 Å². The van der Waals surface area contributed by atoms with Crippen molar-refractivity contribution in [2.75, 3.05) is 24.2 Å². The number of hydrogen-bond donors (Lipinski definition) is 2. The van der Waals surface area contributed by atoms with E-state index in [2.05, 4.69) is 15.5 Å². The van der Waals surface area contributed by atoms with Crippen LogP contribution >= 0.6 is 0 Å². The summed E-state index contributed by atoms with van der Waals surface area (Å²) >= 11 is 0. The molecule has 3 N–H and O–H groups in total. The SMILES string of the molecule is Nc1ccc(NCCC2CCCO2)nn1. The summed E-state index contributed by atoms with van der Waals surface area (Å²) in [4.78, 5) is 0. The van der Waals surface area contributed by atoms with Gasteiger partial charge in [-0.15, -0.1) is 10.2 Å². The smallest absolute Gasteiger partial charge is 0.148 e. The average Bonchev–Trinajstić information content (AvgIpc) is 2.74. The zero-order valence-electron chi connectivity index (χ0n) is 8.65. The van der Waals surface area contributed by atoms with Crippen LogP contribution in [0.15, 0.2) is 12.1 Å². The van der Waals surface area contributed by atoms with Gasteiger partial charge in [0, 0.05) is 13.2 Å². The first-order valence-corrected chi connectivity index (χ1v) is 5.29. The van der Waals surface area contributed by atoms with E-state index >= 15 is 0 Å². The maximum atomic E-state index is 5.51. The standard InChI is InChI=1S/C10H16N4O/c11-9-3-4-10(14-13-9)12-6-5-8-2-1-7-15-8/h3-4,8H,1-2,5-7H2,(H2,11,13)(H,12,14). The molecule has 1 fully saturated rings. The maximum absolute atomic E-state index is 5.51. The zero-order valence-corrected chi connectivity index (χ0v) is 8.65. The molecular formula is C10H16N4O. The molecule has 0 radical (unpaired) electrons. The second-order valence-electron chi connectivity index (χ2n) is 3.69. The molecule has 1 unspecified atom stereocenters. The Kier molecular flexibility index (Phi) is 3.34. The lowest BCUT2D eigenvalue weighted by Crippen LogP contribution is -2.13. The van der Waals surface area contributed by atoms with Crippen molar-refractivity contribution < 1.29 is 4.74 Å². The molecule has 0 spiro atoms. The molecule has 15 heavy (non-hydrogen) atoms. The number of nitrogens with zero attached hydrogens (tertiary/aromatic N) is 2. The van der Waals surface area contributed by atoms with Crippen LogP contribution in [0.25, 0.3) is 0 Å². The molecule has 2 heterocycles. The molecule has 5 nitrogen and oxygen atoms in total. The second kappa shape index (κ2) is 4.93. The zero-order chi connectivity index (χ0) is 10.5. The van der Waals surface area contributed by atoms with Crippen LogP contribution in [0.2, 0.25) is 0 Å². The van der Waals surface area contributed by atoms with E-state index in [-0.39, 0.29) is 0 Å². The van der Waals surface area contributed by atoms with Gasteiger partial charge < -0.3 is 15.8 Å². The van der Waals surface area contributed by atoms with E-state index in [1.807, 2.05) is 6.07 Å². The van der Waals surface area contributed by atoms with Gasteiger partial charge in [-0.2, -0.15) is 0 Å². The van der Waals surface area contributed by atoms with Crippen LogP contribution in [-0.4, -0.2) is 29.5 Å². The summed E-state index contributed by atoms with van der Waals surface area (Å²) in [7, 11) is 0. The van der Waals surface area contributed by atoms with Crippen LogP contribution in [-0.2, 0) is 4.74 Å². The minimum atomic E-state index is 0.416. The van der Waals surface area contributed by atoms with Gasteiger partial charge in [0.05, 0.1) is 6.10 Å². The minimum absolute atomic E-state index is 0.416. The van der Waals surface area contributed by atoms with E-state index in [4.69, 9.17) is 10.5 Å². The quantitative estimate of drug-likeness (QED) is 0.773. The fourth-order valence-electron chi connectivity index (χ4n) is 1.67. The molecule has 1 atom stereocenters. The molecule has 2 rings (SSSR count). The highest BCUT2D eigenvalue weighted by molar-refractivity contribution is 5.38. The number of aromatic nitrogens is 2. The first-order chi connectivity index (χ1) is 7.34. The number of nitrogens with one attached hydrogen (secondary N) is 1. The molecule has 5 heteroatoms. The number of hydrogen-bond acceptors (Lipinski definition) is 5. The molecule has 82 valence electrons. The third kappa shape index (κ3) is 3.06. The Morgan fingerprint density at radius 3 is 3.07 bits per heavy atom. The fraction of sp³-hybridized carbons (Fsp3) is 0.600. The summed E-state index contributed by atoms with van der Waals surface area (Å²) in [5.41, 5.74) is 5.43. The highest BCUT2D eigenvalue weighted by Gasteiger charge is 2.14. The van der Waals surface area contributed by atoms with Gasteiger partial charge in [-0.05, 0) is 31.4 Å². The lowest BCUT2D eigenvalue weighted by Gasteiger charge is -2.09. The summed E-state index contributed by atoms with van der Waals surface area (Å²) in [6, 6.07) is 3.57. The third-order valence-electron chi connectivity index (χ3n) is 2.48. The molecule has 0 saturated carbocycles. The highest BCUT2D eigenvalue weighted by atomic mass is 16.5. The average molecular weight is 208 g/mol. The first kappa shape index (κ1) is 10.2. The topological polar surface area (TPSA) is 73.1 Å². The Balaban J connectivity index is 1.71. The Morgan fingerprint density at radius 2 is 2.40 bits per heavy atom. The van der Waals surface area contributed by atoms with E-state index in [0.29, 0.717) is 11.9 Å². The van der Waals surface area contributed by atoms with Crippen LogP contribution in [0.5, 0.6) is 0 Å². The van der Waals surface area contributed by atoms with Gasteiger partial charge in [0.15, 0.2) is 0 Å². The van der Waals surface area contributed by atoms with Gasteiger partial charge in [-0.3, -0.25) is 0 Å². The molecular weight excluding hydrogens is 192 g/mol. The summed E-state index contributed by atoms with van der Waals surface area (Å²) in [5.74, 6) is 1.21. The van der Waals surface area contributed by atoms with Crippen molar-refractivity contribution in [2.24, 2.45) is 0 Å². The summed E-state index contributed by atoms with van der Waals surface area (Å²) in [5, 5.41) is 10.9. The van der Waals surface area contributed by atoms with Gasteiger partial charge in [0.25, 0.3) is 0 Å². The van der Waals surface area contributed by atoms with Gasteiger partial charge >= 0.3 is 0 Å². The van der Waals surface area contributed by atoms with Crippen LogP contribution in [0.1, 0.15) is 19.3 Å². The summed E-state index contributed by atoms with van der Waals surface area (Å²) in [6.07, 6.45) is 3.80. The predicted octanol–water partition coefficient (Wildman–Crippen LogP) is 1.04. The van der Waals surface area contributed by atoms with E-state index in [0.717, 1.165) is 25.4 Å². The van der Waals surface area contributed by atoms with Crippen LogP contribution in [0.3, 0.4) is 0 Å². The molecule has 0 aliphatic carbocycles. The normalized spacial score (nSPS) is 20.4. The molecule has 1 aromatic rings. The van der Waals surface area contributed by atoms with Crippen LogP contribution < -0.4 is 11.1 Å². The largest absolute Gasteiger partial charge is 0.382 e. The molecule has 1 aromatic heterocycles. The monoisotopic (exact) mass is 208 g/mol. The molecule has 0 aromatic carbocycles. The van der Waals surface area contributed by atoms with Crippen molar-refractivity contribution >= 4 is 11.6 Å². The molecule has 1 saturated heterocycles. The van der Waals surface area contributed by atoms with Crippen LogP contribution in [0, 0.1) is 0 Å². The second-order valence-corrected chi connectivity index (χ2v) is 3.69. The third-order valence-corrected chi connectivity index (χ3v) is 2.48. The number of nitrogen functional groups attached to an aromatic ring is 1. The first-order valence-electron chi connectivity index (χ1n) is 5.29. The lowest BCUT2D eigenvalue weighted by atomic mass is 10.2. The van der Waals surface area contributed by atoms with E-state index in [1.54, 1.807) is 6.07 Å². The number of ether oxygens (including phenoxy) is 1. The van der Waals surface area contributed by atoms with Gasteiger partial charge in [-0.25, -0.2) is 0 Å². The van der Waals surface area contributed by atoms with Gasteiger partial charge in [-0.1, -0.05) is 0 Å². The van der Waals surface area contributed by atoms with Crippen molar-refractivity contribution in [3.8, 4) is 0 Å². The number of anilines is 2. The van der Waals surface area contributed by atoms with Crippen molar-refractivity contribution in [3.05, 3.63) is 12.1 Å². The fourth-order valence-corrected chi connectivity index (χ4v) is 1.67. The molecule has 0 bridgehead atoms. The van der Waals surface area contributed by atoms with E-state index in [1.165, 1.54) is 12.8 Å². The van der Waals surface area contributed by atoms with Gasteiger partial charge in [0.1, 0.15) is 11.6 Å². The summed E-state index contributed by atoms with van der Waals surface area (Å²) < 4.78 is 5.51. The van der Waals surface area contributed by atoms with E-state index in [9.17, 15) is 0 Å². The highest BCUT2D eigenvalue weighted by Crippen LogP contribution is 2.15. The Bertz CT molecular complexity index is 295. The van der Waals surface area contributed by atoms with Crippen molar-refractivity contribution in [1.29, 1.82) is 0 Å². The van der Waals surface area contributed by atoms with Gasteiger partial charge in [0.2, 0.25) is 0 Å². The van der Waals surface area contributed by atoms with Crippen LogP contribution in [0.4, 0.5) is 11.6 Å². The Hall–Kier alpha value is -1.36. The molecule has 1 aliphatic rings.